The van der Waals surface area contributed by atoms with Crippen molar-refractivity contribution >= 4 is 22.6 Å². The lowest BCUT2D eigenvalue weighted by atomic mass is 10.1. The molecule has 2 aromatic carbocycles. The van der Waals surface area contributed by atoms with Crippen LogP contribution in [-0.4, -0.2) is 57.8 Å². The van der Waals surface area contributed by atoms with Gasteiger partial charge in [-0.1, -0.05) is 30.3 Å². The third kappa shape index (κ3) is 6.13. The number of benzene rings is 2. The number of nitrogens with one attached hydrogen (secondary N) is 1. The Bertz CT molecular complexity index is 1360. The zero-order chi connectivity index (χ0) is 24.8. The molecule has 2 heterocycles. The standard InChI is InChI=1S/C26H30N6O3/c1-30(2)14-6-7-15-35-26(34)28-21-12-10-19(11-13-21)17-32-25(33)23-9-5-4-8-22(23)24(29-32)20-16-27-31(3)18-20/h4-5,8-13,16,18H,6-7,14-15,17H2,1-3H3,(H,28,34). The number of hydrogen-bond donors (Lipinski definition) is 1. The molecule has 0 fully saturated rings. The molecule has 0 aliphatic rings. The van der Waals surface area contributed by atoms with Gasteiger partial charge >= 0.3 is 6.09 Å². The van der Waals surface area contributed by atoms with Crippen LogP contribution in [0.25, 0.3) is 22.0 Å². The van der Waals surface area contributed by atoms with Crippen LogP contribution in [0.1, 0.15) is 18.4 Å². The van der Waals surface area contributed by atoms with Crippen LogP contribution in [-0.2, 0) is 18.3 Å². The van der Waals surface area contributed by atoms with Crippen LogP contribution in [0.5, 0.6) is 0 Å². The fourth-order valence-electron chi connectivity index (χ4n) is 3.81. The molecule has 0 radical (unpaired) electrons. The van der Waals surface area contributed by atoms with Gasteiger partial charge in [0.1, 0.15) is 5.69 Å². The number of carbonyl (C=O) groups is 1. The Labute approximate surface area is 203 Å². The van der Waals surface area contributed by atoms with Crippen molar-refractivity contribution in [3.8, 4) is 11.3 Å². The average Bonchev–Trinajstić information content (AvgIpc) is 3.27. The maximum absolute atomic E-state index is 13.1. The Morgan fingerprint density at radius 3 is 2.49 bits per heavy atom. The van der Waals surface area contributed by atoms with Crippen LogP contribution in [0.3, 0.4) is 0 Å². The number of ether oxygens (including phenoxy) is 1. The number of hydrogen-bond acceptors (Lipinski definition) is 6. The van der Waals surface area contributed by atoms with Gasteiger partial charge in [-0.15, -0.1) is 0 Å². The summed E-state index contributed by atoms with van der Waals surface area (Å²) in [5.41, 5.74) is 2.90. The van der Waals surface area contributed by atoms with E-state index in [1.54, 1.807) is 23.0 Å². The maximum Gasteiger partial charge on any atom is 0.411 e. The predicted molar refractivity (Wildman–Crippen MR) is 137 cm³/mol. The van der Waals surface area contributed by atoms with E-state index >= 15 is 0 Å². The van der Waals surface area contributed by atoms with Crippen molar-refractivity contribution in [2.45, 2.75) is 19.4 Å². The Kier molecular flexibility index (Phi) is 7.57. The monoisotopic (exact) mass is 474 g/mol. The summed E-state index contributed by atoms with van der Waals surface area (Å²) in [6.07, 6.45) is 4.94. The van der Waals surface area contributed by atoms with Crippen molar-refractivity contribution in [3.63, 3.8) is 0 Å². The summed E-state index contributed by atoms with van der Waals surface area (Å²) in [6, 6.07) is 14.8. The molecule has 35 heavy (non-hydrogen) atoms. The summed E-state index contributed by atoms with van der Waals surface area (Å²) in [5, 5.41) is 13.0. The molecule has 1 N–H and O–H groups in total. The first-order valence-corrected chi connectivity index (χ1v) is 11.6. The molecule has 0 saturated heterocycles. The molecule has 9 heteroatoms. The molecular weight excluding hydrogens is 444 g/mol. The molecule has 1 amide bonds. The largest absolute Gasteiger partial charge is 0.449 e. The lowest BCUT2D eigenvalue weighted by Crippen LogP contribution is -2.24. The Balaban J connectivity index is 1.45. The lowest BCUT2D eigenvalue weighted by molar-refractivity contribution is 0.158. The van der Waals surface area contributed by atoms with E-state index in [1.807, 2.05) is 63.7 Å². The molecule has 0 aliphatic carbocycles. The third-order valence-corrected chi connectivity index (χ3v) is 5.61. The number of nitrogens with zero attached hydrogens (tertiary/aromatic N) is 5. The van der Waals surface area contributed by atoms with E-state index in [0.717, 1.165) is 35.9 Å². The number of anilines is 1. The first kappa shape index (κ1) is 24.2. The minimum atomic E-state index is -0.476. The van der Waals surface area contributed by atoms with E-state index < -0.39 is 6.09 Å². The Hall–Kier alpha value is -3.98. The van der Waals surface area contributed by atoms with Crippen molar-refractivity contribution < 1.29 is 9.53 Å². The summed E-state index contributed by atoms with van der Waals surface area (Å²) < 4.78 is 8.41. The Morgan fingerprint density at radius 1 is 1.06 bits per heavy atom. The first-order valence-electron chi connectivity index (χ1n) is 11.6. The van der Waals surface area contributed by atoms with Gasteiger partial charge in [-0.3, -0.25) is 14.8 Å². The topological polar surface area (TPSA) is 94.3 Å². The second kappa shape index (κ2) is 11.0. The second-order valence-electron chi connectivity index (χ2n) is 8.73. The highest BCUT2D eigenvalue weighted by Crippen LogP contribution is 2.24. The normalized spacial score (nSPS) is 11.2. The fourth-order valence-corrected chi connectivity index (χ4v) is 3.81. The van der Waals surface area contributed by atoms with Gasteiger partial charge < -0.3 is 9.64 Å². The highest BCUT2D eigenvalue weighted by Gasteiger charge is 2.14. The average molecular weight is 475 g/mol. The van der Waals surface area contributed by atoms with E-state index in [9.17, 15) is 9.59 Å². The number of aryl methyl sites for hydroxylation is 1. The van der Waals surface area contributed by atoms with E-state index in [4.69, 9.17) is 4.74 Å². The number of rotatable bonds is 9. The summed E-state index contributed by atoms with van der Waals surface area (Å²) in [6.45, 7) is 1.65. The quantitative estimate of drug-likeness (QED) is 0.372. The molecule has 0 bridgehead atoms. The molecule has 4 aromatic rings. The lowest BCUT2D eigenvalue weighted by Gasteiger charge is -2.11. The highest BCUT2D eigenvalue weighted by atomic mass is 16.5. The van der Waals surface area contributed by atoms with Crippen molar-refractivity contribution in [3.05, 3.63) is 76.8 Å². The van der Waals surface area contributed by atoms with Gasteiger partial charge in [-0.2, -0.15) is 10.2 Å². The van der Waals surface area contributed by atoms with Gasteiger partial charge in [0.05, 0.1) is 24.7 Å². The molecular formula is C26H30N6O3. The molecule has 0 unspecified atom stereocenters. The zero-order valence-electron chi connectivity index (χ0n) is 20.3. The smallest absolute Gasteiger partial charge is 0.411 e. The minimum absolute atomic E-state index is 0.159. The van der Waals surface area contributed by atoms with E-state index in [0.29, 0.717) is 29.9 Å². The molecule has 2 aromatic heterocycles. The van der Waals surface area contributed by atoms with Crippen LogP contribution in [0.15, 0.2) is 65.7 Å². The molecule has 0 atom stereocenters. The van der Waals surface area contributed by atoms with Crippen LogP contribution in [0.4, 0.5) is 10.5 Å². The van der Waals surface area contributed by atoms with Gasteiger partial charge in [-0.25, -0.2) is 9.48 Å². The molecule has 0 saturated carbocycles. The SMILES string of the molecule is CN(C)CCCCOC(=O)Nc1ccc(Cn2nc(-c3cnn(C)c3)c3ccccc3c2=O)cc1. The predicted octanol–water partition coefficient (Wildman–Crippen LogP) is 3.74. The molecule has 0 aliphatic heterocycles. The summed E-state index contributed by atoms with van der Waals surface area (Å²) >= 11 is 0. The van der Waals surface area contributed by atoms with Crippen molar-refractivity contribution in [2.24, 2.45) is 7.05 Å². The highest BCUT2D eigenvalue weighted by molar-refractivity contribution is 5.93. The van der Waals surface area contributed by atoms with Crippen molar-refractivity contribution in [2.75, 3.05) is 32.6 Å². The third-order valence-electron chi connectivity index (χ3n) is 5.61. The van der Waals surface area contributed by atoms with Crippen molar-refractivity contribution in [1.82, 2.24) is 24.5 Å². The number of unbranched alkanes of at least 4 members (excludes halogenated alkanes) is 1. The minimum Gasteiger partial charge on any atom is -0.449 e. The zero-order valence-corrected chi connectivity index (χ0v) is 20.3. The van der Waals surface area contributed by atoms with Crippen LogP contribution in [0.2, 0.25) is 0 Å². The number of aromatic nitrogens is 4. The van der Waals surface area contributed by atoms with E-state index in [-0.39, 0.29) is 5.56 Å². The van der Waals surface area contributed by atoms with Gasteiger partial charge in [0.25, 0.3) is 5.56 Å². The van der Waals surface area contributed by atoms with Gasteiger partial charge in [0.15, 0.2) is 0 Å². The number of amides is 1. The van der Waals surface area contributed by atoms with Crippen LogP contribution in [0, 0.1) is 0 Å². The van der Waals surface area contributed by atoms with Gasteiger partial charge in [0.2, 0.25) is 0 Å². The number of carbonyl (C=O) groups excluding carboxylic acids is 1. The number of fused-ring (bicyclic) bond motifs is 1. The van der Waals surface area contributed by atoms with E-state index in [1.165, 1.54) is 4.68 Å². The molecule has 0 spiro atoms. The maximum atomic E-state index is 13.1. The summed E-state index contributed by atoms with van der Waals surface area (Å²) in [4.78, 5) is 27.2. The van der Waals surface area contributed by atoms with Crippen LogP contribution < -0.4 is 10.9 Å². The molecule has 4 rings (SSSR count). The van der Waals surface area contributed by atoms with Crippen LogP contribution >= 0.6 is 0 Å². The molecule has 182 valence electrons. The summed E-state index contributed by atoms with van der Waals surface area (Å²) in [5.74, 6) is 0. The summed E-state index contributed by atoms with van der Waals surface area (Å²) in [7, 11) is 5.88. The molecule has 9 nitrogen and oxygen atoms in total. The van der Waals surface area contributed by atoms with Crippen molar-refractivity contribution in [1.29, 1.82) is 0 Å². The fraction of sp³-hybridized carbons (Fsp3) is 0.308. The van der Waals surface area contributed by atoms with Gasteiger partial charge in [-0.05, 0) is 57.2 Å². The Morgan fingerprint density at radius 2 is 1.80 bits per heavy atom. The van der Waals surface area contributed by atoms with E-state index in [2.05, 4.69) is 20.4 Å². The first-order chi connectivity index (χ1) is 16.9. The van der Waals surface area contributed by atoms with Gasteiger partial charge in [0, 0.05) is 29.9 Å². The second-order valence-corrected chi connectivity index (χ2v) is 8.73.